The summed E-state index contributed by atoms with van der Waals surface area (Å²) < 4.78 is 5.51. The fourth-order valence-corrected chi connectivity index (χ4v) is 3.57. The van der Waals surface area contributed by atoms with Crippen molar-refractivity contribution < 1.29 is 9.53 Å². The lowest BCUT2D eigenvalue weighted by atomic mass is 10.1. The fraction of sp³-hybridized carbons (Fsp3) is 0.304. The van der Waals surface area contributed by atoms with Gasteiger partial charge in [0.15, 0.2) is 0 Å². The zero-order chi connectivity index (χ0) is 18.5. The number of amides is 1. The molecule has 1 aliphatic heterocycles. The van der Waals surface area contributed by atoms with E-state index >= 15 is 0 Å². The smallest absolute Gasteiger partial charge is 0.272 e. The molecule has 138 valence electrons. The fourth-order valence-electron chi connectivity index (χ4n) is 3.57. The van der Waals surface area contributed by atoms with Crippen LogP contribution in [-0.4, -0.2) is 42.1 Å². The van der Waals surface area contributed by atoms with Gasteiger partial charge in [-0.3, -0.25) is 4.79 Å². The van der Waals surface area contributed by atoms with Gasteiger partial charge in [0.05, 0.1) is 12.1 Å². The van der Waals surface area contributed by atoms with Crippen LogP contribution in [0.15, 0.2) is 66.7 Å². The molecule has 0 radical (unpaired) electrons. The van der Waals surface area contributed by atoms with Crippen molar-refractivity contribution in [1.82, 2.24) is 9.88 Å². The molecular formula is C23H24N2O2. The molecule has 1 saturated heterocycles. The van der Waals surface area contributed by atoms with Gasteiger partial charge in [-0.2, -0.15) is 0 Å². The molecule has 27 heavy (non-hydrogen) atoms. The highest BCUT2D eigenvalue weighted by Crippen LogP contribution is 2.18. The number of fused-ring (bicyclic) bond motifs is 1. The SMILES string of the molecule is O=C(c1ccc2ccccc2n1)N(CCc1ccccc1)CC1CCOC1. The average Bonchev–Trinajstić information content (AvgIpc) is 3.24. The van der Waals surface area contributed by atoms with E-state index in [4.69, 9.17) is 4.74 Å². The van der Waals surface area contributed by atoms with E-state index < -0.39 is 0 Å². The Bertz CT molecular complexity index is 904. The second-order valence-corrected chi connectivity index (χ2v) is 7.11. The molecule has 1 fully saturated rings. The quantitative estimate of drug-likeness (QED) is 0.668. The van der Waals surface area contributed by atoms with E-state index in [0.29, 0.717) is 18.2 Å². The maximum atomic E-state index is 13.2. The van der Waals surface area contributed by atoms with Crippen LogP contribution in [0.2, 0.25) is 0 Å². The molecule has 1 aromatic heterocycles. The summed E-state index contributed by atoms with van der Waals surface area (Å²) in [5.74, 6) is 0.411. The zero-order valence-corrected chi connectivity index (χ0v) is 15.4. The first-order chi connectivity index (χ1) is 13.3. The van der Waals surface area contributed by atoms with Crippen LogP contribution in [0.4, 0.5) is 0 Å². The Labute approximate surface area is 159 Å². The summed E-state index contributed by atoms with van der Waals surface area (Å²) in [6, 6.07) is 22.0. The molecule has 2 aromatic carbocycles. The molecule has 0 aliphatic carbocycles. The molecule has 4 nitrogen and oxygen atoms in total. The number of benzene rings is 2. The number of nitrogens with zero attached hydrogens (tertiary/aromatic N) is 2. The van der Waals surface area contributed by atoms with E-state index in [1.54, 1.807) is 0 Å². The van der Waals surface area contributed by atoms with Crippen LogP contribution in [0.3, 0.4) is 0 Å². The molecule has 3 aromatic rings. The topological polar surface area (TPSA) is 42.4 Å². The van der Waals surface area contributed by atoms with Gasteiger partial charge in [0.1, 0.15) is 5.69 Å². The van der Waals surface area contributed by atoms with Gasteiger partial charge in [0.2, 0.25) is 0 Å². The lowest BCUT2D eigenvalue weighted by Gasteiger charge is -2.25. The van der Waals surface area contributed by atoms with E-state index in [1.165, 1.54) is 5.56 Å². The zero-order valence-electron chi connectivity index (χ0n) is 15.4. The molecule has 4 rings (SSSR count). The van der Waals surface area contributed by atoms with Crippen molar-refractivity contribution in [3.05, 3.63) is 78.0 Å². The first kappa shape index (κ1) is 17.7. The largest absolute Gasteiger partial charge is 0.381 e. The summed E-state index contributed by atoms with van der Waals surface area (Å²) >= 11 is 0. The van der Waals surface area contributed by atoms with Gasteiger partial charge in [-0.05, 0) is 30.5 Å². The van der Waals surface area contributed by atoms with Crippen LogP contribution in [0.1, 0.15) is 22.5 Å². The highest BCUT2D eigenvalue weighted by Gasteiger charge is 2.24. The number of pyridine rings is 1. The van der Waals surface area contributed by atoms with Crippen LogP contribution in [-0.2, 0) is 11.2 Å². The van der Waals surface area contributed by atoms with Crippen molar-refractivity contribution in [2.24, 2.45) is 5.92 Å². The summed E-state index contributed by atoms with van der Waals surface area (Å²) in [6.45, 7) is 2.94. The Kier molecular flexibility index (Phi) is 5.45. The lowest BCUT2D eigenvalue weighted by molar-refractivity contribution is 0.0717. The van der Waals surface area contributed by atoms with Crippen molar-refractivity contribution in [2.45, 2.75) is 12.8 Å². The van der Waals surface area contributed by atoms with Crippen molar-refractivity contribution in [3.8, 4) is 0 Å². The number of para-hydroxylation sites is 1. The maximum absolute atomic E-state index is 13.2. The van der Waals surface area contributed by atoms with Gasteiger partial charge in [-0.25, -0.2) is 4.98 Å². The van der Waals surface area contributed by atoms with Crippen LogP contribution in [0.25, 0.3) is 10.9 Å². The van der Waals surface area contributed by atoms with Gasteiger partial charge in [-0.1, -0.05) is 54.6 Å². The summed E-state index contributed by atoms with van der Waals surface area (Å²) in [7, 11) is 0. The van der Waals surface area contributed by atoms with Gasteiger partial charge < -0.3 is 9.64 Å². The first-order valence-electron chi connectivity index (χ1n) is 9.56. The molecule has 0 saturated carbocycles. The minimum Gasteiger partial charge on any atom is -0.381 e. The van der Waals surface area contributed by atoms with Gasteiger partial charge >= 0.3 is 0 Å². The summed E-state index contributed by atoms with van der Waals surface area (Å²) in [5, 5.41) is 1.05. The Hall–Kier alpha value is -2.72. The van der Waals surface area contributed by atoms with E-state index in [2.05, 4.69) is 17.1 Å². The molecule has 0 spiro atoms. The predicted molar refractivity (Wildman–Crippen MR) is 107 cm³/mol. The first-order valence-corrected chi connectivity index (χ1v) is 9.56. The Morgan fingerprint density at radius 1 is 1.04 bits per heavy atom. The third-order valence-corrected chi connectivity index (χ3v) is 5.12. The molecular weight excluding hydrogens is 336 g/mol. The molecule has 2 heterocycles. The lowest BCUT2D eigenvalue weighted by Crippen LogP contribution is -2.37. The molecule has 0 bridgehead atoms. The number of carbonyl (C=O) groups is 1. The molecule has 1 amide bonds. The van der Waals surface area contributed by atoms with Gasteiger partial charge in [-0.15, -0.1) is 0 Å². The minimum atomic E-state index is 0.00332. The van der Waals surface area contributed by atoms with E-state index in [0.717, 1.165) is 43.5 Å². The van der Waals surface area contributed by atoms with Crippen molar-refractivity contribution in [1.29, 1.82) is 0 Å². The molecule has 1 unspecified atom stereocenters. The number of hydrogen-bond acceptors (Lipinski definition) is 3. The Balaban J connectivity index is 1.54. The van der Waals surface area contributed by atoms with Crippen LogP contribution in [0.5, 0.6) is 0 Å². The standard InChI is InChI=1S/C23H24N2O2/c26-23(22-11-10-20-8-4-5-9-21(20)24-22)25(16-19-13-15-27-17-19)14-12-18-6-2-1-3-7-18/h1-11,19H,12-17H2. The average molecular weight is 360 g/mol. The number of aromatic nitrogens is 1. The molecule has 4 heteroatoms. The predicted octanol–water partition coefficient (Wildman–Crippen LogP) is 3.96. The Morgan fingerprint density at radius 3 is 2.67 bits per heavy atom. The van der Waals surface area contributed by atoms with Crippen molar-refractivity contribution >= 4 is 16.8 Å². The third kappa shape index (κ3) is 4.34. The molecule has 0 N–H and O–H groups in total. The maximum Gasteiger partial charge on any atom is 0.272 e. The van der Waals surface area contributed by atoms with Crippen LogP contribution < -0.4 is 0 Å². The third-order valence-electron chi connectivity index (χ3n) is 5.12. The highest BCUT2D eigenvalue weighted by atomic mass is 16.5. The summed E-state index contributed by atoms with van der Waals surface area (Å²) in [4.78, 5) is 19.8. The van der Waals surface area contributed by atoms with Gasteiger partial charge in [0.25, 0.3) is 5.91 Å². The van der Waals surface area contributed by atoms with Gasteiger partial charge in [0, 0.05) is 31.0 Å². The number of ether oxygens (including phenoxy) is 1. The monoisotopic (exact) mass is 360 g/mol. The van der Waals surface area contributed by atoms with Crippen molar-refractivity contribution in [3.63, 3.8) is 0 Å². The Morgan fingerprint density at radius 2 is 1.85 bits per heavy atom. The van der Waals surface area contributed by atoms with E-state index in [1.807, 2.05) is 59.5 Å². The van der Waals surface area contributed by atoms with Crippen LogP contribution >= 0.6 is 0 Å². The van der Waals surface area contributed by atoms with Crippen molar-refractivity contribution in [2.75, 3.05) is 26.3 Å². The summed E-state index contributed by atoms with van der Waals surface area (Å²) in [5.41, 5.74) is 2.61. The normalized spacial score (nSPS) is 16.5. The molecule has 1 atom stereocenters. The number of hydrogen-bond donors (Lipinski definition) is 0. The second kappa shape index (κ2) is 8.31. The summed E-state index contributed by atoms with van der Waals surface area (Å²) in [6.07, 6.45) is 1.86. The van der Waals surface area contributed by atoms with E-state index in [9.17, 15) is 4.79 Å². The highest BCUT2D eigenvalue weighted by molar-refractivity contribution is 5.94. The number of rotatable bonds is 6. The second-order valence-electron chi connectivity index (χ2n) is 7.11. The van der Waals surface area contributed by atoms with E-state index in [-0.39, 0.29) is 5.91 Å². The number of carbonyl (C=O) groups excluding carboxylic acids is 1. The van der Waals surface area contributed by atoms with Crippen LogP contribution in [0, 0.1) is 5.92 Å². The minimum absolute atomic E-state index is 0.00332. The molecule has 1 aliphatic rings.